The molecular weight excluding hydrogens is 144 g/mol. The second-order valence-corrected chi connectivity index (χ2v) is 2.19. The summed E-state index contributed by atoms with van der Waals surface area (Å²) in [5.41, 5.74) is 0.523. The molecular formula is C8H6O3. The lowest BCUT2D eigenvalue weighted by atomic mass is 10.2. The van der Waals surface area contributed by atoms with Crippen LogP contribution in [0.15, 0.2) is 28.9 Å². The van der Waals surface area contributed by atoms with Gasteiger partial charge in [0, 0.05) is 0 Å². The van der Waals surface area contributed by atoms with E-state index in [1.54, 1.807) is 18.2 Å². The molecule has 3 heteroatoms. The summed E-state index contributed by atoms with van der Waals surface area (Å²) in [6.07, 6.45) is 3.24. The van der Waals surface area contributed by atoms with E-state index in [9.17, 15) is 4.79 Å². The third-order valence-corrected chi connectivity index (χ3v) is 1.51. The van der Waals surface area contributed by atoms with E-state index in [2.05, 4.69) is 0 Å². The fourth-order valence-corrected chi connectivity index (χ4v) is 0.995. The summed E-state index contributed by atoms with van der Waals surface area (Å²) in [6.45, 7) is 0.356. The van der Waals surface area contributed by atoms with Crippen molar-refractivity contribution in [2.45, 2.75) is 0 Å². The number of esters is 1. The quantitative estimate of drug-likeness (QED) is 0.565. The van der Waals surface area contributed by atoms with Crippen LogP contribution in [0.5, 0.6) is 0 Å². The average Bonchev–Trinajstić information content (AvgIpc) is 2.55. The van der Waals surface area contributed by atoms with Crippen LogP contribution in [0.4, 0.5) is 0 Å². The van der Waals surface area contributed by atoms with Gasteiger partial charge in [0.25, 0.3) is 0 Å². The number of hydrogen-bond donors (Lipinski definition) is 0. The zero-order valence-electron chi connectivity index (χ0n) is 5.74. The largest absolute Gasteiger partial charge is 0.464 e. The van der Waals surface area contributed by atoms with Gasteiger partial charge < -0.3 is 9.15 Å². The number of cyclic esters (lactones) is 1. The molecule has 11 heavy (non-hydrogen) atoms. The summed E-state index contributed by atoms with van der Waals surface area (Å²) >= 11 is 0. The Morgan fingerprint density at radius 1 is 1.45 bits per heavy atom. The van der Waals surface area contributed by atoms with E-state index < -0.39 is 0 Å². The predicted molar refractivity (Wildman–Crippen MR) is 37.6 cm³/mol. The molecule has 2 heterocycles. The Morgan fingerprint density at radius 2 is 2.36 bits per heavy atom. The van der Waals surface area contributed by atoms with Crippen LogP contribution in [0.25, 0.3) is 5.57 Å². The summed E-state index contributed by atoms with van der Waals surface area (Å²) in [5, 5.41) is 0. The topological polar surface area (TPSA) is 39.4 Å². The monoisotopic (exact) mass is 150 g/mol. The molecule has 0 amide bonds. The number of furan rings is 1. The van der Waals surface area contributed by atoms with Crippen molar-refractivity contribution >= 4 is 11.5 Å². The molecule has 56 valence electrons. The first-order chi connectivity index (χ1) is 5.38. The van der Waals surface area contributed by atoms with Crippen LogP contribution in [0, 0.1) is 0 Å². The number of carbonyl (C=O) groups is 1. The smallest absolute Gasteiger partial charge is 0.342 e. The van der Waals surface area contributed by atoms with Gasteiger partial charge in [0.15, 0.2) is 0 Å². The molecule has 0 saturated heterocycles. The maximum atomic E-state index is 10.9. The zero-order chi connectivity index (χ0) is 7.68. The van der Waals surface area contributed by atoms with E-state index in [1.807, 2.05) is 0 Å². The molecule has 3 nitrogen and oxygen atoms in total. The van der Waals surface area contributed by atoms with Crippen LogP contribution in [0.2, 0.25) is 0 Å². The van der Waals surface area contributed by atoms with Gasteiger partial charge in [-0.05, 0) is 18.2 Å². The van der Waals surface area contributed by atoms with E-state index in [0.29, 0.717) is 17.9 Å². The van der Waals surface area contributed by atoms with Crippen molar-refractivity contribution in [1.82, 2.24) is 0 Å². The van der Waals surface area contributed by atoms with Crippen molar-refractivity contribution in [3.05, 3.63) is 30.2 Å². The van der Waals surface area contributed by atoms with Crippen molar-refractivity contribution in [2.75, 3.05) is 6.61 Å². The third-order valence-electron chi connectivity index (χ3n) is 1.51. The maximum Gasteiger partial charge on any atom is 0.342 e. The summed E-state index contributed by atoms with van der Waals surface area (Å²) < 4.78 is 9.72. The fraction of sp³-hybridized carbons (Fsp3) is 0.125. The Bertz CT molecular complexity index is 295. The molecule has 0 fully saturated rings. The van der Waals surface area contributed by atoms with E-state index in [-0.39, 0.29) is 5.97 Å². The van der Waals surface area contributed by atoms with Gasteiger partial charge in [-0.1, -0.05) is 0 Å². The number of carbonyl (C=O) groups excluding carboxylic acids is 1. The van der Waals surface area contributed by atoms with Crippen LogP contribution in [0.1, 0.15) is 5.76 Å². The van der Waals surface area contributed by atoms with Crippen LogP contribution < -0.4 is 0 Å². The maximum absolute atomic E-state index is 10.9. The minimum Gasteiger partial charge on any atom is -0.464 e. The van der Waals surface area contributed by atoms with E-state index in [4.69, 9.17) is 9.15 Å². The highest BCUT2D eigenvalue weighted by Gasteiger charge is 2.20. The highest BCUT2D eigenvalue weighted by Crippen LogP contribution is 2.19. The lowest BCUT2D eigenvalue weighted by molar-refractivity contribution is -0.134. The first-order valence-corrected chi connectivity index (χ1v) is 3.29. The predicted octanol–water partition coefficient (Wildman–Crippen LogP) is 1.22. The van der Waals surface area contributed by atoms with Gasteiger partial charge in [-0.3, -0.25) is 0 Å². The van der Waals surface area contributed by atoms with Gasteiger partial charge in [-0.2, -0.15) is 0 Å². The van der Waals surface area contributed by atoms with E-state index >= 15 is 0 Å². The van der Waals surface area contributed by atoms with Crippen molar-refractivity contribution in [1.29, 1.82) is 0 Å². The molecule has 0 bridgehead atoms. The Hall–Kier alpha value is -1.51. The minimum atomic E-state index is -0.306. The molecule has 1 aliphatic rings. The van der Waals surface area contributed by atoms with Crippen molar-refractivity contribution in [3.63, 3.8) is 0 Å². The summed E-state index contributed by atoms with van der Waals surface area (Å²) in [5.74, 6) is 0.271. The van der Waals surface area contributed by atoms with E-state index in [1.165, 1.54) is 6.26 Å². The molecule has 0 atom stereocenters. The standard InChI is InChI=1S/C8H6O3/c9-8-6(3-5-11-8)7-2-1-4-10-7/h1-4H,5H2. The molecule has 0 unspecified atom stereocenters. The first kappa shape index (κ1) is 6.22. The van der Waals surface area contributed by atoms with Crippen molar-refractivity contribution < 1.29 is 13.9 Å². The molecule has 0 N–H and O–H groups in total. The third kappa shape index (κ3) is 0.941. The average molecular weight is 150 g/mol. The second-order valence-electron chi connectivity index (χ2n) is 2.19. The molecule has 0 saturated carbocycles. The Balaban J connectivity index is 2.37. The molecule has 2 rings (SSSR count). The minimum absolute atomic E-state index is 0.306. The molecule has 0 radical (unpaired) electrons. The number of rotatable bonds is 1. The van der Waals surface area contributed by atoms with E-state index in [0.717, 1.165) is 0 Å². The first-order valence-electron chi connectivity index (χ1n) is 3.29. The molecule has 0 aliphatic carbocycles. The molecule has 0 aromatic carbocycles. The van der Waals surface area contributed by atoms with Gasteiger partial charge in [0.05, 0.1) is 6.26 Å². The SMILES string of the molecule is O=C1OCC=C1c1ccco1. The number of hydrogen-bond acceptors (Lipinski definition) is 3. The molecule has 1 aromatic rings. The van der Waals surface area contributed by atoms with Gasteiger partial charge in [-0.15, -0.1) is 0 Å². The van der Waals surface area contributed by atoms with Crippen molar-refractivity contribution in [3.8, 4) is 0 Å². The van der Waals surface area contributed by atoms with Gasteiger partial charge in [0.2, 0.25) is 0 Å². The Morgan fingerprint density at radius 3 is 2.91 bits per heavy atom. The fourth-order valence-electron chi connectivity index (χ4n) is 0.995. The Kier molecular flexibility index (Phi) is 1.28. The normalized spacial score (nSPS) is 16.4. The van der Waals surface area contributed by atoms with Crippen molar-refractivity contribution in [2.24, 2.45) is 0 Å². The lowest BCUT2D eigenvalue weighted by Crippen LogP contribution is -1.97. The summed E-state index contributed by atoms with van der Waals surface area (Å²) in [6, 6.07) is 3.47. The summed E-state index contributed by atoms with van der Waals surface area (Å²) in [7, 11) is 0. The molecule has 1 aromatic heterocycles. The molecule has 1 aliphatic heterocycles. The highest BCUT2D eigenvalue weighted by molar-refractivity contribution is 6.17. The van der Waals surface area contributed by atoms with Crippen LogP contribution in [-0.2, 0) is 9.53 Å². The zero-order valence-corrected chi connectivity index (χ0v) is 5.74. The van der Waals surface area contributed by atoms with Crippen LogP contribution >= 0.6 is 0 Å². The second kappa shape index (κ2) is 2.27. The number of ether oxygens (including phenoxy) is 1. The summed E-state index contributed by atoms with van der Waals surface area (Å²) in [4.78, 5) is 10.9. The Labute approximate surface area is 63.3 Å². The highest BCUT2D eigenvalue weighted by atomic mass is 16.5. The van der Waals surface area contributed by atoms with Crippen LogP contribution in [-0.4, -0.2) is 12.6 Å². The molecule has 0 spiro atoms. The van der Waals surface area contributed by atoms with Gasteiger partial charge >= 0.3 is 5.97 Å². The van der Waals surface area contributed by atoms with Gasteiger partial charge in [0.1, 0.15) is 17.9 Å². The van der Waals surface area contributed by atoms with Gasteiger partial charge in [-0.25, -0.2) is 4.79 Å². The lowest BCUT2D eigenvalue weighted by Gasteiger charge is -1.92. The van der Waals surface area contributed by atoms with Crippen LogP contribution in [0.3, 0.4) is 0 Å².